The third kappa shape index (κ3) is 7.81. The van der Waals surface area contributed by atoms with E-state index in [9.17, 15) is 9.59 Å². The summed E-state index contributed by atoms with van der Waals surface area (Å²) in [4.78, 5) is 23.0. The lowest BCUT2D eigenvalue weighted by Crippen LogP contribution is -2.17. The van der Waals surface area contributed by atoms with Crippen LogP contribution in [0.4, 0.5) is 11.4 Å². The number of benzene rings is 1. The van der Waals surface area contributed by atoms with Crippen molar-refractivity contribution in [2.45, 2.75) is 64.9 Å². The van der Waals surface area contributed by atoms with Crippen LogP contribution >= 0.6 is 48.0 Å². The minimum Gasteiger partial charge on any atom is -0.341 e. The summed E-state index contributed by atoms with van der Waals surface area (Å²) in [6.45, 7) is 13.0. The minimum absolute atomic E-state index is 0.0890. The van der Waals surface area contributed by atoms with Crippen molar-refractivity contribution in [3.63, 3.8) is 0 Å². The molecule has 0 saturated heterocycles. The number of carbonyl (C=O) groups excluding carboxylic acids is 2. The summed E-state index contributed by atoms with van der Waals surface area (Å²) in [5.74, 6) is 0.494. The molecule has 28 heavy (non-hydrogen) atoms. The van der Waals surface area contributed by atoms with Gasteiger partial charge in [0.1, 0.15) is 20.2 Å². The number of hydrogen-bond acceptors (Lipinski definition) is 6. The predicted molar refractivity (Wildman–Crippen MR) is 133 cm³/mol. The van der Waals surface area contributed by atoms with E-state index in [2.05, 4.69) is 36.6 Å². The van der Waals surface area contributed by atoms with Crippen LogP contribution in [0.2, 0.25) is 0 Å². The molecule has 4 nitrogen and oxygen atoms in total. The summed E-state index contributed by atoms with van der Waals surface area (Å²) in [6, 6.07) is 4.15. The molecule has 0 aromatic heterocycles. The zero-order chi connectivity index (χ0) is 21.6. The van der Waals surface area contributed by atoms with Gasteiger partial charge in [-0.3, -0.25) is 9.59 Å². The average Bonchev–Trinajstić information content (AvgIpc) is 2.57. The molecule has 1 rings (SSSR count). The summed E-state index contributed by atoms with van der Waals surface area (Å²) >= 11 is 13.5. The fourth-order valence-electron chi connectivity index (χ4n) is 2.10. The Bertz CT molecular complexity index is 720. The van der Waals surface area contributed by atoms with E-state index in [-0.39, 0.29) is 22.1 Å². The van der Waals surface area contributed by atoms with Gasteiger partial charge in [0.05, 0.1) is 10.5 Å². The molecule has 0 saturated carbocycles. The summed E-state index contributed by atoms with van der Waals surface area (Å²) in [6.07, 6.45) is 0. The van der Waals surface area contributed by atoms with E-state index >= 15 is 0 Å². The maximum atomic E-state index is 11.5. The van der Waals surface area contributed by atoms with Crippen molar-refractivity contribution in [3.05, 3.63) is 23.3 Å². The van der Waals surface area contributed by atoms with E-state index in [0.717, 1.165) is 22.5 Å². The van der Waals surface area contributed by atoms with Crippen molar-refractivity contribution in [1.82, 2.24) is 0 Å². The molecule has 0 amide bonds. The molecule has 0 aliphatic heterocycles. The molecular weight excluding hydrogens is 429 g/mol. The second kappa shape index (κ2) is 11.3. The molecule has 2 atom stereocenters. The fourth-order valence-corrected chi connectivity index (χ4v) is 4.49. The SMILES string of the molecule is CC(=O)C(C)SC(=S)Nc1cc(C(C)C)cc(NC(=S)SC(C)C(C)=O)c1C. The average molecular weight is 457 g/mol. The summed E-state index contributed by atoms with van der Waals surface area (Å²) in [5.41, 5.74) is 3.88. The zero-order valence-electron chi connectivity index (χ0n) is 17.3. The van der Waals surface area contributed by atoms with Crippen LogP contribution in [0.3, 0.4) is 0 Å². The highest BCUT2D eigenvalue weighted by atomic mass is 32.2. The lowest BCUT2D eigenvalue weighted by atomic mass is 9.99. The molecule has 0 aliphatic carbocycles. The Morgan fingerprint density at radius 2 is 1.21 bits per heavy atom. The van der Waals surface area contributed by atoms with Gasteiger partial charge in [0.25, 0.3) is 0 Å². The van der Waals surface area contributed by atoms with Gasteiger partial charge in [0, 0.05) is 11.4 Å². The smallest absolute Gasteiger partial charge is 0.142 e. The van der Waals surface area contributed by atoms with Crippen LogP contribution in [0.1, 0.15) is 58.6 Å². The Morgan fingerprint density at radius 3 is 1.50 bits per heavy atom. The number of ketones is 2. The zero-order valence-corrected chi connectivity index (χ0v) is 20.6. The van der Waals surface area contributed by atoms with Crippen LogP contribution in [0.15, 0.2) is 12.1 Å². The molecule has 0 heterocycles. The molecular formula is C20H28N2O2S4. The van der Waals surface area contributed by atoms with Gasteiger partial charge in [-0.05, 0) is 63.8 Å². The number of carbonyl (C=O) groups is 2. The normalized spacial score (nSPS) is 13.0. The first kappa shape index (κ1) is 25.1. The van der Waals surface area contributed by atoms with Gasteiger partial charge >= 0.3 is 0 Å². The highest BCUT2D eigenvalue weighted by Crippen LogP contribution is 2.32. The molecule has 0 spiro atoms. The Balaban J connectivity index is 3.08. The summed E-state index contributed by atoms with van der Waals surface area (Å²) < 4.78 is 1.11. The Kier molecular flexibility index (Phi) is 10.1. The molecule has 2 N–H and O–H groups in total. The van der Waals surface area contributed by atoms with Crippen molar-refractivity contribution >= 4 is 79.5 Å². The second-order valence-corrected chi connectivity index (χ2v) is 11.0. The second-order valence-electron chi connectivity index (χ2n) is 6.96. The molecule has 0 aliphatic rings. The van der Waals surface area contributed by atoms with Gasteiger partial charge in [-0.2, -0.15) is 0 Å². The highest BCUT2D eigenvalue weighted by molar-refractivity contribution is 8.24. The fraction of sp³-hybridized carbons (Fsp3) is 0.500. The monoisotopic (exact) mass is 456 g/mol. The topological polar surface area (TPSA) is 58.2 Å². The van der Waals surface area contributed by atoms with Gasteiger partial charge < -0.3 is 10.6 Å². The summed E-state index contributed by atoms with van der Waals surface area (Å²) in [7, 11) is 0. The number of thiocarbonyl (C=S) groups is 2. The van der Waals surface area contributed by atoms with Crippen LogP contribution in [0.25, 0.3) is 0 Å². The van der Waals surface area contributed by atoms with Crippen LogP contribution in [-0.4, -0.2) is 30.7 Å². The van der Waals surface area contributed by atoms with Gasteiger partial charge in [0.15, 0.2) is 0 Å². The van der Waals surface area contributed by atoms with Gasteiger partial charge in [-0.25, -0.2) is 0 Å². The van der Waals surface area contributed by atoms with Gasteiger partial charge in [-0.15, -0.1) is 0 Å². The summed E-state index contributed by atoms with van der Waals surface area (Å²) in [5, 5.41) is 6.14. The maximum Gasteiger partial charge on any atom is 0.142 e. The molecule has 8 heteroatoms. The molecule has 1 aromatic rings. The van der Waals surface area contributed by atoms with Crippen molar-refractivity contribution in [1.29, 1.82) is 0 Å². The quantitative estimate of drug-likeness (QED) is 0.489. The third-order valence-electron chi connectivity index (χ3n) is 4.28. The van der Waals surface area contributed by atoms with E-state index in [1.807, 2.05) is 20.8 Å². The Morgan fingerprint density at radius 1 is 0.857 bits per heavy atom. The highest BCUT2D eigenvalue weighted by Gasteiger charge is 2.16. The van der Waals surface area contributed by atoms with Crippen molar-refractivity contribution < 1.29 is 9.59 Å². The number of hydrogen-bond donors (Lipinski definition) is 2. The van der Waals surface area contributed by atoms with Crippen LogP contribution < -0.4 is 10.6 Å². The first-order valence-electron chi connectivity index (χ1n) is 9.03. The largest absolute Gasteiger partial charge is 0.341 e. The first-order valence-corrected chi connectivity index (χ1v) is 11.6. The first-order chi connectivity index (χ1) is 12.9. The van der Waals surface area contributed by atoms with E-state index in [4.69, 9.17) is 24.4 Å². The molecule has 0 radical (unpaired) electrons. The number of anilines is 2. The van der Waals surface area contributed by atoms with Crippen LogP contribution in [0, 0.1) is 6.92 Å². The van der Waals surface area contributed by atoms with Crippen molar-refractivity contribution in [2.75, 3.05) is 10.6 Å². The number of Topliss-reactive ketones (excluding diaryl/α,β-unsaturated/α-hetero) is 2. The van der Waals surface area contributed by atoms with E-state index in [1.165, 1.54) is 23.5 Å². The molecule has 154 valence electrons. The lowest BCUT2D eigenvalue weighted by Gasteiger charge is -2.20. The Labute approximate surface area is 187 Å². The molecule has 0 bridgehead atoms. The van der Waals surface area contributed by atoms with Gasteiger partial charge in [-0.1, -0.05) is 61.8 Å². The third-order valence-corrected chi connectivity index (χ3v) is 7.07. The van der Waals surface area contributed by atoms with E-state index < -0.39 is 0 Å². The Hall–Kier alpha value is -0.960. The number of thioether (sulfide) groups is 2. The van der Waals surface area contributed by atoms with Gasteiger partial charge in [0.2, 0.25) is 0 Å². The maximum absolute atomic E-state index is 11.5. The molecule has 0 fully saturated rings. The van der Waals surface area contributed by atoms with E-state index in [1.54, 1.807) is 13.8 Å². The molecule has 1 aromatic carbocycles. The number of rotatable bonds is 7. The predicted octanol–water partition coefficient (Wildman–Crippen LogP) is 5.93. The standard InChI is InChI=1S/C20H28N2O2S4/c1-10(2)16-8-17(21-19(25)27-14(6)12(4)23)11(3)18(9-16)22-20(26)28-15(7)13(5)24/h8-10,14-15H,1-7H3,(H,21,25)(H,22,26). The van der Waals surface area contributed by atoms with Crippen molar-refractivity contribution in [3.8, 4) is 0 Å². The van der Waals surface area contributed by atoms with Crippen LogP contribution in [-0.2, 0) is 9.59 Å². The van der Waals surface area contributed by atoms with E-state index in [0.29, 0.717) is 14.6 Å². The minimum atomic E-state index is -0.191. The van der Waals surface area contributed by atoms with Crippen molar-refractivity contribution in [2.24, 2.45) is 0 Å². The van der Waals surface area contributed by atoms with Crippen LogP contribution in [0.5, 0.6) is 0 Å². The number of nitrogens with one attached hydrogen (secondary N) is 2. The lowest BCUT2D eigenvalue weighted by molar-refractivity contribution is -0.117. The molecule has 2 unspecified atom stereocenters.